The van der Waals surface area contributed by atoms with Gasteiger partial charge >= 0.3 is 0 Å². The summed E-state index contributed by atoms with van der Waals surface area (Å²) in [5.74, 6) is -0.302. The number of halogens is 1. The van der Waals surface area contributed by atoms with E-state index < -0.39 is 5.92 Å². The standard InChI is InChI=1S/C18H32ClN7O3/c19-12-9-22-17-15(16(20)24-26(17)11-12)18(27)23-13-10-21-2-1-14(13)29-8-5-25-3-6-28-7-4-25/h12-15,17,21-22H,1-11H2,(H2,20,24)(H,23,27). The minimum Gasteiger partial charge on any atom is -0.385 e. The Kier molecular flexibility index (Phi) is 7.09. The van der Waals surface area contributed by atoms with Crippen LogP contribution in [-0.2, 0) is 14.3 Å². The monoisotopic (exact) mass is 429 g/mol. The molecule has 11 heteroatoms. The third kappa shape index (κ3) is 5.12. The molecule has 0 bridgehead atoms. The Bertz CT molecular complexity index is 604. The van der Waals surface area contributed by atoms with Crippen molar-refractivity contribution in [2.24, 2.45) is 16.8 Å². The molecular weight excluding hydrogens is 398 g/mol. The Morgan fingerprint density at radius 3 is 3.03 bits per heavy atom. The summed E-state index contributed by atoms with van der Waals surface area (Å²) in [6.07, 6.45) is 0.620. The maximum absolute atomic E-state index is 13.1. The number of hydrazone groups is 1. The van der Waals surface area contributed by atoms with Crippen molar-refractivity contribution in [3.05, 3.63) is 0 Å². The van der Waals surface area contributed by atoms with Gasteiger partial charge in [-0.2, -0.15) is 5.10 Å². The highest BCUT2D eigenvalue weighted by Crippen LogP contribution is 2.23. The topological polar surface area (TPSA) is 116 Å². The van der Waals surface area contributed by atoms with E-state index in [0.29, 0.717) is 32.1 Å². The lowest BCUT2D eigenvalue weighted by Gasteiger charge is -2.37. The van der Waals surface area contributed by atoms with E-state index in [2.05, 4.69) is 26.0 Å². The molecule has 0 aliphatic carbocycles. The highest BCUT2D eigenvalue weighted by molar-refractivity contribution is 6.21. The summed E-state index contributed by atoms with van der Waals surface area (Å²) >= 11 is 6.19. The van der Waals surface area contributed by atoms with Crippen LogP contribution in [0.4, 0.5) is 0 Å². The molecule has 29 heavy (non-hydrogen) atoms. The molecule has 4 aliphatic rings. The Balaban J connectivity index is 1.29. The Hall–Kier alpha value is -1.17. The van der Waals surface area contributed by atoms with E-state index in [1.807, 2.05) is 0 Å². The molecule has 1 amide bonds. The van der Waals surface area contributed by atoms with Crippen molar-refractivity contribution in [1.82, 2.24) is 25.9 Å². The third-order valence-corrected chi connectivity index (χ3v) is 6.30. The van der Waals surface area contributed by atoms with Crippen LogP contribution < -0.4 is 21.7 Å². The lowest BCUT2D eigenvalue weighted by Crippen LogP contribution is -2.61. The number of rotatable bonds is 6. The summed E-state index contributed by atoms with van der Waals surface area (Å²) in [6.45, 7) is 7.79. The zero-order chi connectivity index (χ0) is 20.2. The summed E-state index contributed by atoms with van der Waals surface area (Å²) in [7, 11) is 0. The largest absolute Gasteiger partial charge is 0.385 e. The summed E-state index contributed by atoms with van der Waals surface area (Å²) in [4.78, 5) is 15.4. The first-order chi connectivity index (χ1) is 14.1. The van der Waals surface area contributed by atoms with Crippen LogP contribution in [0.25, 0.3) is 0 Å². The van der Waals surface area contributed by atoms with E-state index in [-0.39, 0.29) is 29.6 Å². The molecule has 0 aromatic heterocycles. The fourth-order valence-corrected chi connectivity index (χ4v) is 4.62. The number of piperidine rings is 1. The number of nitrogens with one attached hydrogen (secondary N) is 3. The van der Waals surface area contributed by atoms with Gasteiger partial charge in [0.25, 0.3) is 0 Å². The lowest BCUT2D eigenvalue weighted by atomic mass is 9.99. The first-order valence-corrected chi connectivity index (χ1v) is 11.0. The number of nitrogens with two attached hydrogens (primary N) is 1. The number of ether oxygens (including phenoxy) is 2. The maximum Gasteiger partial charge on any atom is 0.234 e. The third-order valence-electron chi connectivity index (χ3n) is 6.00. The van der Waals surface area contributed by atoms with Crippen LogP contribution in [0, 0.1) is 5.92 Å². The molecule has 5 atom stereocenters. The normalized spacial score (nSPS) is 35.8. The van der Waals surface area contributed by atoms with Crippen LogP contribution in [0.1, 0.15) is 6.42 Å². The molecule has 0 radical (unpaired) electrons. The molecular formula is C18H32ClN7O3. The SMILES string of the molecule is NC1=NN2CC(Cl)CNC2C1C(=O)NC1CNCCC1OCCN1CCOCC1. The molecule has 10 nitrogen and oxygen atoms in total. The van der Waals surface area contributed by atoms with Crippen molar-refractivity contribution in [2.75, 3.05) is 65.6 Å². The summed E-state index contributed by atoms with van der Waals surface area (Å²) in [5.41, 5.74) is 6.09. The second-order valence-corrected chi connectivity index (χ2v) is 8.66. The van der Waals surface area contributed by atoms with E-state index in [1.54, 1.807) is 5.01 Å². The van der Waals surface area contributed by atoms with Gasteiger partial charge < -0.3 is 25.8 Å². The Morgan fingerprint density at radius 1 is 1.38 bits per heavy atom. The molecule has 3 fully saturated rings. The van der Waals surface area contributed by atoms with Gasteiger partial charge in [-0.1, -0.05) is 0 Å². The average molecular weight is 430 g/mol. The van der Waals surface area contributed by atoms with E-state index in [4.69, 9.17) is 26.8 Å². The number of morpholine rings is 1. The molecule has 4 aliphatic heterocycles. The summed E-state index contributed by atoms with van der Waals surface area (Å²) in [6, 6.07) is -0.0906. The number of nitrogens with zero attached hydrogens (tertiary/aromatic N) is 3. The van der Waals surface area contributed by atoms with Crippen LogP contribution in [0.3, 0.4) is 0 Å². The number of carbonyl (C=O) groups is 1. The number of carbonyl (C=O) groups excluding carboxylic acids is 1. The second kappa shape index (κ2) is 9.76. The van der Waals surface area contributed by atoms with Gasteiger partial charge in [0.1, 0.15) is 17.9 Å². The molecule has 0 spiro atoms. The smallest absolute Gasteiger partial charge is 0.234 e. The predicted octanol–water partition coefficient (Wildman–Crippen LogP) is -2.08. The van der Waals surface area contributed by atoms with Crippen molar-refractivity contribution in [3.63, 3.8) is 0 Å². The van der Waals surface area contributed by atoms with Gasteiger partial charge in [0.2, 0.25) is 5.91 Å². The molecule has 3 saturated heterocycles. The van der Waals surface area contributed by atoms with Gasteiger partial charge in [-0.15, -0.1) is 11.6 Å². The van der Waals surface area contributed by atoms with Gasteiger partial charge in [0.05, 0.1) is 43.9 Å². The van der Waals surface area contributed by atoms with Crippen molar-refractivity contribution < 1.29 is 14.3 Å². The van der Waals surface area contributed by atoms with Crippen molar-refractivity contribution in [1.29, 1.82) is 0 Å². The lowest BCUT2D eigenvalue weighted by molar-refractivity contribution is -0.127. The van der Waals surface area contributed by atoms with E-state index in [0.717, 1.165) is 45.8 Å². The molecule has 4 rings (SSSR count). The number of alkyl halides is 1. The highest BCUT2D eigenvalue weighted by atomic mass is 35.5. The Labute approximate surface area is 176 Å². The van der Waals surface area contributed by atoms with Crippen LogP contribution >= 0.6 is 11.6 Å². The van der Waals surface area contributed by atoms with Crippen LogP contribution in [0.5, 0.6) is 0 Å². The minimum absolute atomic E-state index is 0.0107. The maximum atomic E-state index is 13.1. The summed E-state index contributed by atoms with van der Waals surface area (Å²) < 4.78 is 11.6. The van der Waals surface area contributed by atoms with Crippen molar-refractivity contribution in [2.45, 2.75) is 30.1 Å². The highest BCUT2D eigenvalue weighted by Gasteiger charge is 2.44. The quantitative estimate of drug-likeness (QED) is 0.356. The molecule has 164 valence electrons. The zero-order valence-electron chi connectivity index (χ0n) is 16.7. The van der Waals surface area contributed by atoms with Gasteiger partial charge in [-0.25, -0.2) is 0 Å². The molecule has 0 saturated carbocycles. The molecule has 0 aromatic carbocycles. The van der Waals surface area contributed by atoms with E-state index >= 15 is 0 Å². The fraction of sp³-hybridized carbons (Fsp3) is 0.889. The second-order valence-electron chi connectivity index (χ2n) is 8.05. The first kappa shape index (κ1) is 21.1. The summed E-state index contributed by atoms with van der Waals surface area (Å²) in [5, 5.41) is 15.9. The molecule has 4 heterocycles. The van der Waals surface area contributed by atoms with Gasteiger partial charge in [-0.05, 0) is 13.0 Å². The number of amidine groups is 1. The van der Waals surface area contributed by atoms with E-state index in [9.17, 15) is 4.79 Å². The van der Waals surface area contributed by atoms with Gasteiger partial charge in [0.15, 0.2) is 0 Å². The molecule has 0 aromatic rings. The number of amides is 1. The Morgan fingerprint density at radius 2 is 2.21 bits per heavy atom. The minimum atomic E-state index is -0.518. The number of hydrogen-bond donors (Lipinski definition) is 4. The number of hydrogen-bond acceptors (Lipinski definition) is 9. The predicted molar refractivity (Wildman–Crippen MR) is 110 cm³/mol. The van der Waals surface area contributed by atoms with E-state index in [1.165, 1.54) is 0 Å². The van der Waals surface area contributed by atoms with Crippen LogP contribution in [0.2, 0.25) is 0 Å². The fourth-order valence-electron chi connectivity index (χ4n) is 4.39. The van der Waals surface area contributed by atoms with Crippen molar-refractivity contribution >= 4 is 23.3 Å². The first-order valence-electron chi connectivity index (χ1n) is 10.5. The molecule has 5 unspecified atom stereocenters. The van der Waals surface area contributed by atoms with Crippen LogP contribution in [0.15, 0.2) is 5.10 Å². The van der Waals surface area contributed by atoms with Gasteiger partial charge in [0, 0.05) is 32.7 Å². The van der Waals surface area contributed by atoms with Gasteiger partial charge in [-0.3, -0.25) is 20.0 Å². The zero-order valence-corrected chi connectivity index (χ0v) is 17.4. The van der Waals surface area contributed by atoms with Crippen molar-refractivity contribution in [3.8, 4) is 0 Å². The number of fused-ring (bicyclic) bond motifs is 1. The van der Waals surface area contributed by atoms with Crippen LogP contribution in [-0.4, -0.2) is 111 Å². The molecule has 5 N–H and O–H groups in total. The average Bonchev–Trinajstić information content (AvgIpc) is 3.05.